The molecule has 142 valence electrons. The number of nitrogens with zero attached hydrogens (tertiary/aromatic N) is 4. The van der Waals surface area contributed by atoms with Crippen molar-refractivity contribution in [2.75, 3.05) is 19.7 Å². The van der Waals surface area contributed by atoms with Crippen LogP contribution in [0.1, 0.15) is 16.8 Å². The molecule has 4 heterocycles. The van der Waals surface area contributed by atoms with Crippen LogP contribution in [0.2, 0.25) is 0 Å². The van der Waals surface area contributed by atoms with Crippen molar-refractivity contribution in [2.45, 2.75) is 18.6 Å². The highest BCUT2D eigenvalue weighted by molar-refractivity contribution is 5.95. The number of nitrogens with one attached hydrogen (secondary N) is 1. The molecule has 8 nitrogen and oxygen atoms in total. The number of carbonyl (C=O) groups excluding carboxylic acids is 2. The van der Waals surface area contributed by atoms with Gasteiger partial charge in [-0.3, -0.25) is 19.0 Å². The molecule has 2 atom stereocenters. The summed E-state index contributed by atoms with van der Waals surface area (Å²) in [6.45, 7) is 1.20. The van der Waals surface area contributed by atoms with E-state index in [9.17, 15) is 9.59 Å². The molecule has 2 aliphatic heterocycles. The number of piperidine rings is 1. The van der Waals surface area contributed by atoms with Crippen LogP contribution in [0.15, 0.2) is 49.1 Å². The van der Waals surface area contributed by atoms with E-state index in [1.54, 1.807) is 23.5 Å². The molecule has 1 aromatic carbocycles. The van der Waals surface area contributed by atoms with E-state index in [-0.39, 0.29) is 30.6 Å². The Morgan fingerprint density at radius 3 is 2.93 bits per heavy atom. The lowest BCUT2D eigenvalue weighted by Gasteiger charge is -2.41. The third-order valence-corrected chi connectivity index (χ3v) is 5.36. The van der Waals surface area contributed by atoms with Crippen molar-refractivity contribution in [3.05, 3.63) is 54.6 Å². The van der Waals surface area contributed by atoms with Crippen LogP contribution < -0.4 is 5.32 Å². The molecule has 0 bridgehead atoms. The van der Waals surface area contributed by atoms with Crippen LogP contribution in [-0.2, 0) is 9.53 Å². The van der Waals surface area contributed by atoms with Crippen LogP contribution in [0.5, 0.6) is 0 Å². The number of likely N-dealkylation sites (tertiary alicyclic amines) is 1. The molecule has 2 aliphatic rings. The number of ether oxygens (including phenoxy) is 1. The standard InChI is InChI=1S/C20H19N5O3/c26-19-12-28-17-5-7-24(11-15(17)23-19)20(27)14-3-1-13(2-4-14)16-9-22-18-10-21-6-8-25(16)18/h1-4,6,8-10,15,17H,5,7,11-12H2,(H,23,26)/t15-,17+/m0/s1. The Hall–Kier alpha value is -3.26. The average Bonchev–Trinajstić information content (AvgIpc) is 3.17. The second-order valence-corrected chi connectivity index (χ2v) is 7.09. The van der Waals surface area contributed by atoms with Gasteiger partial charge in [-0.1, -0.05) is 12.1 Å². The fourth-order valence-corrected chi connectivity index (χ4v) is 3.91. The number of carbonyl (C=O) groups is 2. The second-order valence-electron chi connectivity index (χ2n) is 7.09. The van der Waals surface area contributed by atoms with Gasteiger partial charge in [0.25, 0.3) is 5.91 Å². The predicted octanol–water partition coefficient (Wildman–Crippen LogP) is 1.13. The number of hydrogen-bond donors (Lipinski definition) is 1. The summed E-state index contributed by atoms with van der Waals surface area (Å²) in [5, 5.41) is 2.93. The molecule has 0 radical (unpaired) electrons. The fourth-order valence-electron chi connectivity index (χ4n) is 3.91. The largest absolute Gasteiger partial charge is 0.366 e. The topological polar surface area (TPSA) is 88.8 Å². The SMILES string of the molecule is O=C1CO[C@@H]2CCN(C(=O)c3ccc(-c4cnc5cnccn45)cc3)C[C@@H]2N1. The first-order valence-electron chi connectivity index (χ1n) is 9.27. The van der Waals surface area contributed by atoms with Gasteiger partial charge < -0.3 is 15.0 Å². The van der Waals surface area contributed by atoms with Gasteiger partial charge in [0.1, 0.15) is 6.61 Å². The number of fused-ring (bicyclic) bond motifs is 2. The lowest BCUT2D eigenvalue weighted by atomic mass is 9.99. The van der Waals surface area contributed by atoms with Gasteiger partial charge in [-0.25, -0.2) is 4.98 Å². The minimum absolute atomic E-state index is 0.00578. The van der Waals surface area contributed by atoms with Gasteiger partial charge in [-0.15, -0.1) is 0 Å². The molecular formula is C20H19N5O3. The maximum atomic E-state index is 12.9. The van der Waals surface area contributed by atoms with Crippen LogP contribution in [0, 0.1) is 0 Å². The number of benzene rings is 1. The molecule has 28 heavy (non-hydrogen) atoms. The van der Waals surface area contributed by atoms with E-state index >= 15 is 0 Å². The summed E-state index contributed by atoms with van der Waals surface area (Å²) in [5.41, 5.74) is 3.32. The van der Waals surface area contributed by atoms with E-state index in [0.29, 0.717) is 18.7 Å². The summed E-state index contributed by atoms with van der Waals surface area (Å²) in [7, 11) is 0. The first-order valence-corrected chi connectivity index (χ1v) is 9.27. The predicted molar refractivity (Wildman–Crippen MR) is 101 cm³/mol. The van der Waals surface area contributed by atoms with E-state index < -0.39 is 0 Å². The summed E-state index contributed by atoms with van der Waals surface area (Å²) < 4.78 is 7.52. The maximum absolute atomic E-state index is 12.9. The highest BCUT2D eigenvalue weighted by atomic mass is 16.5. The van der Waals surface area contributed by atoms with Crippen molar-refractivity contribution < 1.29 is 14.3 Å². The summed E-state index contributed by atoms with van der Waals surface area (Å²) >= 11 is 0. The molecule has 2 aromatic heterocycles. The molecular weight excluding hydrogens is 358 g/mol. The molecule has 0 saturated carbocycles. The molecule has 3 aromatic rings. The summed E-state index contributed by atoms with van der Waals surface area (Å²) in [6, 6.07) is 7.38. The average molecular weight is 377 g/mol. The minimum atomic E-state index is -0.134. The highest BCUT2D eigenvalue weighted by Gasteiger charge is 2.36. The Kier molecular flexibility index (Phi) is 4.05. The molecule has 0 aliphatic carbocycles. The van der Waals surface area contributed by atoms with E-state index in [1.807, 2.05) is 34.9 Å². The van der Waals surface area contributed by atoms with Gasteiger partial charge >= 0.3 is 0 Å². The molecule has 5 rings (SSSR count). The zero-order chi connectivity index (χ0) is 19.1. The van der Waals surface area contributed by atoms with Crippen LogP contribution >= 0.6 is 0 Å². The third kappa shape index (κ3) is 2.91. The molecule has 2 saturated heterocycles. The molecule has 1 N–H and O–H groups in total. The molecule has 2 amide bonds. The van der Waals surface area contributed by atoms with Crippen molar-refractivity contribution in [2.24, 2.45) is 0 Å². The Morgan fingerprint density at radius 1 is 1.21 bits per heavy atom. The van der Waals surface area contributed by atoms with E-state index in [1.165, 1.54) is 0 Å². The number of amides is 2. The van der Waals surface area contributed by atoms with Gasteiger partial charge in [-0.2, -0.15) is 0 Å². The van der Waals surface area contributed by atoms with Crippen LogP contribution in [-0.4, -0.2) is 62.9 Å². The fraction of sp³-hybridized carbons (Fsp3) is 0.300. The normalized spacial score (nSPS) is 22.0. The van der Waals surface area contributed by atoms with E-state index in [0.717, 1.165) is 23.3 Å². The Bertz CT molecular complexity index is 1050. The molecule has 0 unspecified atom stereocenters. The van der Waals surface area contributed by atoms with Crippen molar-refractivity contribution in [1.82, 2.24) is 24.6 Å². The molecule has 2 fully saturated rings. The lowest BCUT2D eigenvalue weighted by Crippen LogP contribution is -2.61. The number of hydrogen-bond acceptors (Lipinski definition) is 5. The summed E-state index contributed by atoms with van der Waals surface area (Å²) in [4.78, 5) is 34.7. The number of aromatic nitrogens is 3. The smallest absolute Gasteiger partial charge is 0.253 e. The molecule has 8 heteroatoms. The van der Waals surface area contributed by atoms with Crippen LogP contribution in [0.4, 0.5) is 0 Å². The Labute approximate surface area is 161 Å². The minimum Gasteiger partial charge on any atom is -0.366 e. The highest BCUT2D eigenvalue weighted by Crippen LogP contribution is 2.23. The van der Waals surface area contributed by atoms with Crippen molar-refractivity contribution in [3.8, 4) is 11.3 Å². The zero-order valence-electron chi connectivity index (χ0n) is 15.1. The second kappa shape index (κ2) is 6.72. The first-order chi connectivity index (χ1) is 13.7. The Morgan fingerprint density at radius 2 is 2.07 bits per heavy atom. The van der Waals surface area contributed by atoms with Gasteiger partial charge in [-0.05, 0) is 18.6 Å². The van der Waals surface area contributed by atoms with Crippen LogP contribution in [0.25, 0.3) is 16.9 Å². The lowest BCUT2D eigenvalue weighted by molar-refractivity contribution is -0.139. The van der Waals surface area contributed by atoms with Gasteiger partial charge in [0.2, 0.25) is 5.91 Å². The van der Waals surface area contributed by atoms with E-state index in [4.69, 9.17) is 4.74 Å². The van der Waals surface area contributed by atoms with E-state index in [2.05, 4.69) is 15.3 Å². The quantitative estimate of drug-likeness (QED) is 0.723. The zero-order valence-corrected chi connectivity index (χ0v) is 15.1. The molecule has 0 spiro atoms. The van der Waals surface area contributed by atoms with Crippen molar-refractivity contribution in [3.63, 3.8) is 0 Å². The summed E-state index contributed by atoms with van der Waals surface area (Å²) in [5.74, 6) is -0.157. The maximum Gasteiger partial charge on any atom is 0.253 e. The third-order valence-electron chi connectivity index (χ3n) is 5.36. The first kappa shape index (κ1) is 16.9. The number of imidazole rings is 1. The van der Waals surface area contributed by atoms with Gasteiger partial charge in [0.15, 0.2) is 5.65 Å². The van der Waals surface area contributed by atoms with Gasteiger partial charge in [0.05, 0.1) is 30.2 Å². The van der Waals surface area contributed by atoms with Gasteiger partial charge in [0, 0.05) is 36.6 Å². The summed E-state index contributed by atoms with van der Waals surface area (Å²) in [6.07, 6.45) is 7.80. The Balaban J connectivity index is 1.34. The number of morpholine rings is 1. The number of rotatable bonds is 2. The van der Waals surface area contributed by atoms with Crippen LogP contribution in [0.3, 0.4) is 0 Å². The monoisotopic (exact) mass is 377 g/mol. The van der Waals surface area contributed by atoms with Crippen molar-refractivity contribution >= 4 is 17.5 Å². The van der Waals surface area contributed by atoms with Crippen molar-refractivity contribution in [1.29, 1.82) is 0 Å².